The van der Waals surface area contributed by atoms with Crippen LogP contribution in [0.2, 0.25) is 0 Å². The van der Waals surface area contributed by atoms with Crippen LogP contribution in [0, 0.1) is 18.3 Å². The highest BCUT2D eigenvalue weighted by atomic mass is 15.2. The van der Waals surface area contributed by atoms with Crippen LogP contribution in [0.3, 0.4) is 0 Å². The molecule has 102 valence electrons. The number of rotatable bonds is 4. The molecule has 18 heavy (non-hydrogen) atoms. The summed E-state index contributed by atoms with van der Waals surface area (Å²) in [5.74, 6) is 3.88. The maximum absolute atomic E-state index is 5.70. The molecule has 2 unspecified atom stereocenters. The number of piperazine rings is 1. The van der Waals surface area contributed by atoms with Crippen LogP contribution >= 0.6 is 0 Å². The third kappa shape index (κ3) is 3.49. The molecule has 0 amide bonds. The highest BCUT2D eigenvalue weighted by Gasteiger charge is 2.30. The fourth-order valence-electron chi connectivity index (χ4n) is 3.58. The second-order valence-corrected chi connectivity index (χ2v) is 5.92. The summed E-state index contributed by atoms with van der Waals surface area (Å²) >= 11 is 0. The van der Waals surface area contributed by atoms with Gasteiger partial charge in [-0.3, -0.25) is 4.90 Å². The third-order valence-electron chi connectivity index (χ3n) is 4.65. The molecule has 1 saturated heterocycles. The van der Waals surface area contributed by atoms with Crippen molar-refractivity contribution in [3.63, 3.8) is 0 Å². The van der Waals surface area contributed by atoms with E-state index in [1.54, 1.807) is 0 Å². The Bertz CT molecular complexity index is 275. The van der Waals surface area contributed by atoms with Crippen LogP contribution in [0.4, 0.5) is 0 Å². The molecule has 1 aliphatic heterocycles. The number of nitrogens with zero attached hydrogens (tertiary/aromatic N) is 1. The van der Waals surface area contributed by atoms with E-state index < -0.39 is 0 Å². The van der Waals surface area contributed by atoms with Gasteiger partial charge < -0.3 is 5.32 Å². The van der Waals surface area contributed by atoms with E-state index in [4.69, 9.17) is 6.42 Å². The van der Waals surface area contributed by atoms with Gasteiger partial charge in [0.1, 0.15) is 0 Å². The largest absolute Gasteiger partial charge is 0.311 e. The van der Waals surface area contributed by atoms with Crippen molar-refractivity contribution in [3.8, 4) is 12.3 Å². The van der Waals surface area contributed by atoms with E-state index in [0.717, 1.165) is 25.4 Å². The maximum atomic E-state index is 5.70. The van der Waals surface area contributed by atoms with Gasteiger partial charge in [0, 0.05) is 25.7 Å². The normalized spacial score (nSPS) is 28.8. The molecule has 1 N–H and O–H groups in total. The van der Waals surface area contributed by atoms with Crippen molar-refractivity contribution in [2.24, 2.45) is 5.92 Å². The van der Waals surface area contributed by atoms with Crippen LogP contribution in [0.15, 0.2) is 0 Å². The molecule has 2 nitrogen and oxygen atoms in total. The molecule has 2 atom stereocenters. The Morgan fingerprint density at radius 3 is 2.78 bits per heavy atom. The lowest BCUT2D eigenvalue weighted by molar-refractivity contribution is 0.124. The van der Waals surface area contributed by atoms with E-state index >= 15 is 0 Å². The van der Waals surface area contributed by atoms with Crippen molar-refractivity contribution in [3.05, 3.63) is 0 Å². The first kappa shape index (κ1) is 13.9. The lowest BCUT2D eigenvalue weighted by Crippen LogP contribution is -2.56. The summed E-state index contributed by atoms with van der Waals surface area (Å²) < 4.78 is 0. The zero-order valence-corrected chi connectivity index (χ0v) is 11.8. The van der Waals surface area contributed by atoms with Crippen molar-refractivity contribution in [2.45, 2.75) is 64.0 Å². The predicted octanol–water partition coefficient (Wildman–Crippen LogP) is 2.64. The van der Waals surface area contributed by atoms with Gasteiger partial charge in [-0.05, 0) is 25.2 Å². The van der Waals surface area contributed by atoms with Crippen LogP contribution in [0.5, 0.6) is 0 Å². The smallest absolute Gasteiger partial charge is 0.0712 e. The Kier molecular flexibility index (Phi) is 5.53. The molecule has 0 aromatic carbocycles. The van der Waals surface area contributed by atoms with E-state index in [1.165, 1.54) is 45.1 Å². The Morgan fingerprint density at radius 1 is 1.33 bits per heavy atom. The molecule has 0 bridgehead atoms. The first-order chi connectivity index (χ1) is 8.85. The minimum absolute atomic E-state index is 0.364. The van der Waals surface area contributed by atoms with Gasteiger partial charge in [0.2, 0.25) is 0 Å². The Labute approximate surface area is 113 Å². The fourth-order valence-corrected chi connectivity index (χ4v) is 3.58. The molecular weight excluding hydrogens is 220 g/mol. The van der Waals surface area contributed by atoms with Crippen molar-refractivity contribution >= 4 is 0 Å². The number of hydrogen-bond acceptors (Lipinski definition) is 2. The summed E-state index contributed by atoms with van der Waals surface area (Å²) in [6, 6.07) is 1.05. The van der Waals surface area contributed by atoms with Crippen molar-refractivity contribution in [1.82, 2.24) is 10.2 Å². The molecule has 0 spiro atoms. The first-order valence-corrected chi connectivity index (χ1v) is 7.78. The molecule has 2 rings (SSSR count). The van der Waals surface area contributed by atoms with Gasteiger partial charge in [-0.25, -0.2) is 0 Å². The van der Waals surface area contributed by atoms with E-state index in [9.17, 15) is 0 Å². The van der Waals surface area contributed by atoms with Gasteiger partial charge >= 0.3 is 0 Å². The number of terminal acetylenes is 1. The quantitative estimate of drug-likeness (QED) is 0.770. The fraction of sp³-hybridized carbons (Fsp3) is 0.875. The van der Waals surface area contributed by atoms with Gasteiger partial charge in [-0.15, -0.1) is 6.42 Å². The van der Waals surface area contributed by atoms with E-state index in [0.29, 0.717) is 12.1 Å². The highest BCUT2D eigenvalue weighted by Crippen LogP contribution is 2.28. The van der Waals surface area contributed by atoms with Crippen LogP contribution in [-0.4, -0.2) is 36.6 Å². The topological polar surface area (TPSA) is 15.3 Å². The van der Waals surface area contributed by atoms with E-state index in [-0.39, 0.29) is 0 Å². The number of nitrogens with one attached hydrogen (secondary N) is 1. The van der Waals surface area contributed by atoms with Crippen molar-refractivity contribution in [2.75, 3.05) is 19.6 Å². The minimum atomic E-state index is 0.364. The van der Waals surface area contributed by atoms with Gasteiger partial charge in [0.05, 0.1) is 6.04 Å². The van der Waals surface area contributed by atoms with Crippen molar-refractivity contribution in [1.29, 1.82) is 0 Å². The summed E-state index contributed by atoms with van der Waals surface area (Å²) in [5.41, 5.74) is 0. The molecule has 1 heterocycles. The zero-order chi connectivity index (χ0) is 12.8. The second kappa shape index (κ2) is 7.16. The molecule has 1 saturated carbocycles. The molecule has 0 radical (unpaired) electrons. The monoisotopic (exact) mass is 248 g/mol. The summed E-state index contributed by atoms with van der Waals surface area (Å²) in [4.78, 5) is 2.54. The summed E-state index contributed by atoms with van der Waals surface area (Å²) in [5, 5.41) is 3.73. The van der Waals surface area contributed by atoms with Gasteiger partial charge in [-0.2, -0.15) is 0 Å². The molecule has 2 heteroatoms. The lowest BCUT2D eigenvalue weighted by atomic mass is 9.83. The standard InChI is InChI=1S/C16H28N2/c1-3-8-15(4-2)18-12-11-17-16(13-18)14-9-6-5-7-10-14/h2,14-17H,3,5-13H2,1H3. The van der Waals surface area contributed by atoms with Gasteiger partial charge in [0.25, 0.3) is 0 Å². The van der Waals surface area contributed by atoms with E-state index in [1.807, 2.05) is 0 Å². The molecule has 0 aromatic rings. The average Bonchev–Trinajstić information content (AvgIpc) is 2.46. The van der Waals surface area contributed by atoms with Crippen molar-refractivity contribution < 1.29 is 0 Å². The molecular formula is C16H28N2. The van der Waals surface area contributed by atoms with Crippen LogP contribution in [-0.2, 0) is 0 Å². The lowest BCUT2D eigenvalue weighted by Gasteiger charge is -2.41. The second-order valence-electron chi connectivity index (χ2n) is 5.92. The van der Waals surface area contributed by atoms with Gasteiger partial charge in [-0.1, -0.05) is 38.5 Å². The van der Waals surface area contributed by atoms with Gasteiger partial charge in [0.15, 0.2) is 0 Å². The maximum Gasteiger partial charge on any atom is 0.0712 e. The zero-order valence-electron chi connectivity index (χ0n) is 11.8. The molecule has 1 aliphatic carbocycles. The predicted molar refractivity (Wildman–Crippen MR) is 77.5 cm³/mol. The van der Waals surface area contributed by atoms with Crippen LogP contribution in [0.1, 0.15) is 51.9 Å². The SMILES string of the molecule is C#CC(CCC)N1CCNC(C2CCCCC2)C1. The Morgan fingerprint density at radius 2 is 2.11 bits per heavy atom. The van der Waals surface area contributed by atoms with E-state index in [2.05, 4.69) is 23.1 Å². The van der Waals surface area contributed by atoms with Crippen LogP contribution in [0.25, 0.3) is 0 Å². The minimum Gasteiger partial charge on any atom is -0.311 e. The Hall–Kier alpha value is -0.520. The number of hydrogen-bond donors (Lipinski definition) is 1. The Balaban J connectivity index is 1.89. The third-order valence-corrected chi connectivity index (χ3v) is 4.65. The summed E-state index contributed by atoms with van der Waals surface area (Å²) in [7, 11) is 0. The molecule has 0 aromatic heterocycles. The highest BCUT2D eigenvalue weighted by molar-refractivity contribution is 5.02. The van der Waals surface area contributed by atoms with Crippen LogP contribution < -0.4 is 5.32 Å². The first-order valence-electron chi connectivity index (χ1n) is 7.78. The average molecular weight is 248 g/mol. The molecule has 2 aliphatic rings. The molecule has 2 fully saturated rings. The summed E-state index contributed by atoms with van der Waals surface area (Å²) in [6.45, 7) is 5.63. The summed E-state index contributed by atoms with van der Waals surface area (Å²) in [6.07, 6.45) is 15.2.